The maximum atomic E-state index is 11.5. The Labute approximate surface area is 103 Å². The Morgan fingerprint density at radius 1 is 1.41 bits per heavy atom. The molecule has 98 valence electrons. The van der Waals surface area contributed by atoms with E-state index in [1.54, 1.807) is 0 Å². The summed E-state index contributed by atoms with van der Waals surface area (Å²) >= 11 is 0. The molecule has 0 heterocycles. The molecule has 1 unspecified atom stereocenters. The highest BCUT2D eigenvalue weighted by Gasteiger charge is 2.29. The number of ether oxygens (including phenoxy) is 2. The van der Waals surface area contributed by atoms with Gasteiger partial charge >= 0.3 is 6.48 Å². The van der Waals surface area contributed by atoms with Crippen molar-refractivity contribution in [2.75, 3.05) is 6.61 Å². The van der Waals surface area contributed by atoms with Crippen molar-refractivity contribution < 1.29 is 19.4 Å². The molecular formula is C13H22O4. The van der Waals surface area contributed by atoms with Gasteiger partial charge in [0.2, 0.25) is 0 Å². The summed E-state index contributed by atoms with van der Waals surface area (Å²) in [6, 6.07) is 0. The van der Waals surface area contributed by atoms with Gasteiger partial charge in [-0.3, -0.25) is 4.79 Å². The number of aliphatic hydroxyl groups excluding tert-OH is 1. The molecule has 0 radical (unpaired) electrons. The van der Waals surface area contributed by atoms with Crippen molar-refractivity contribution in [3.8, 4) is 0 Å². The second kappa shape index (κ2) is 5.65. The molecule has 0 amide bonds. The summed E-state index contributed by atoms with van der Waals surface area (Å²) in [4.78, 5) is 11.5. The van der Waals surface area contributed by atoms with Gasteiger partial charge in [0.25, 0.3) is 0 Å². The molecule has 1 aliphatic carbocycles. The number of aliphatic hydroxyl groups is 1. The van der Waals surface area contributed by atoms with Gasteiger partial charge in [-0.1, -0.05) is 27.7 Å². The number of ketones is 1. The molecule has 1 atom stereocenters. The van der Waals surface area contributed by atoms with Crippen molar-refractivity contribution in [2.24, 2.45) is 11.3 Å². The minimum atomic E-state index is -1.29. The maximum absolute atomic E-state index is 11.5. The van der Waals surface area contributed by atoms with Crippen LogP contribution in [0.2, 0.25) is 0 Å². The van der Waals surface area contributed by atoms with E-state index in [1.807, 2.05) is 27.7 Å². The van der Waals surface area contributed by atoms with Crippen LogP contribution in [0.15, 0.2) is 11.8 Å². The van der Waals surface area contributed by atoms with Crippen molar-refractivity contribution >= 4 is 5.78 Å². The zero-order valence-electron chi connectivity index (χ0n) is 11.0. The molecule has 0 fully saturated rings. The van der Waals surface area contributed by atoms with E-state index in [1.165, 1.54) is 6.08 Å². The first-order chi connectivity index (χ1) is 7.78. The Morgan fingerprint density at radius 3 is 2.59 bits per heavy atom. The van der Waals surface area contributed by atoms with Gasteiger partial charge in [-0.2, -0.15) is 0 Å². The second-order valence-electron chi connectivity index (χ2n) is 5.75. The van der Waals surface area contributed by atoms with E-state index in [0.29, 0.717) is 31.1 Å². The summed E-state index contributed by atoms with van der Waals surface area (Å²) in [5, 5.41) is 9.51. The van der Waals surface area contributed by atoms with Gasteiger partial charge in [-0.15, -0.1) is 0 Å². The van der Waals surface area contributed by atoms with Crippen LogP contribution in [-0.2, 0) is 14.3 Å². The lowest BCUT2D eigenvalue weighted by atomic mass is 9.79. The molecule has 1 rings (SSSR count). The fraction of sp³-hybridized carbons (Fsp3) is 0.769. The number of rotatable bonds is 5. The Morgan fingerprint density at radius 2 is 2.06 bits per heavy atom. The fourth-order valence-electron chi connectivity index (χ4n) is 1.80. The van der Waals surface area contributed by atoms with Crippen molar-refractivity contribution in [1.29, 1.82) is 0 Å². The second-order valence-corrected chi connectivity index (χ2v) is 5.75. The van der Waals surface area contributed by atoms with E-state index >= 15 is 0 Å². The van der Waals surface area contributed by atoms with Crippen LogP contribution in [0, 0.1) is 11.3 Å². The number of allylic oxidation sites excluding steroid dienone is 2. The molecular weight excluding hydrogens is 220 g/mol. The molecule has 4 heteroatoms. The molecule has 0 aromatic heterocycles. The fourth-order valence-corrected chi connectivity index (χ4v) is 1.80. The predicted molar refractivity (Wildman–Crippen MR) is 64.0 cm³/mol. The van der Waals surface area contributed by atoms with E-state index in [0.717, 1.165) is 0 Å². The third-order valence-electron chi connectivity index (χ3n) is 2.45. The van der Waals surface area contributed by atoms with Crippen molar-refractivity contribution in [3.63, 3.8) is 0 Å². The molecule has 0 saturated heterocycles. The van der Waals surface area contributed by atoms with Crippen LogP contribution in [0.1, 0.15) is 40.5 Å². The summed E-state index contributed by atoms with van der Waals surface area (Å²) in [6.07, 6.45) is 2.61. The van der Waals surface area contributed by atoms with Crippen molar-refractivity contribution in [3.05, 3.63) is 11.8 Å². The molecule has 0 spiro atoms. The van der Waals surface area contributed by atoms with Gasteiger partial charge in [0, 0.05) is 18.9 Å². The van der Waals surface area contributed by atoms with Crippen LogP contribution in [0.25, 0.3) is 0 Å². The zero-order valence-corrected chi connectivity index (χ0v) is 11.0. The lowest BCUT2D eigenvalue weighted by molar-refractivity contribution is -0.250. The minimum absolute atomic E-state index is 0.0345. The Balaban J connectivity index is 2.48. The first-order valence-corrected chi connectivity index (χ1v) is 5.98. The molecule has 0 aliphatic heterocycles. The van der Waals surface area contributed by atoms with Crippen LogP contribution >= 0.6 is 0 Å². The summed E-state index contributed by atoms with van der Waals surface area (Å²) < 4.78 is 10.3. The smallest absolute Gasteiger partial charge is 0.313 e. The average Bonchev–Trinajstić information content (AvgIpc) is 2.11. The van der Waals surface area contributed by atoms with Crippen LogP contribution in [0.5, 0.6) is 0 Å². The molecule has 17 heavy (non-hydrogen) atoms. The van der Waals surface area contributed by atoms with Gasteiger partial charge in [0.05, 0.1) is 6.61 Å². The first-order valence-electron chi connectivity index (χ1n) is 5.98. The first kappa shape index (κ1) is 14.2. The van der Waals surface area contributed by atoms with Crippen molar-refractivity contribution in [2.45, 2.75) is 47.0 Å². The van der Waals surface area contributed by atoms with Gasteiger partial charge in [0.1, 0.15) is 5.76 Å². The monoisotopic (exact) mass is 242 g/mol. The Hall–Kier alpha value is -0.870. The van der Waals surface area contributed by atoms with Crippen LogP contribution < -0.4 is 0 Å². The third kappa shape index (κ3) is 5.33. The van der Waals surface area contributed by atoms with Gasteiger partial charge in [0.15, 0.2) is 5.78 Å². The average molecular weight is 242 g/mol. The molecule has 0 saturated carbocycles. The number of hydrogen-bond donors (Lipinski definition) is 1. The summed E-state index contributed by atoms with van der Waals surface area (Å²) in [6.45, 7) is 7.11. The van der Waals surface area contributed by atoms with E-state index in [4.69, 9.17) is 9.47 Å². The molecule has 0 aromatic carbocycles. The summed E-state index contributed by atoms with van der Waals surface area (Å²) in [5.41, 5.74) is -0.112. The van der Waals surface area contributed by atoms with E-state index in [9.17, 15) is 9.90 Å². The highest BCUT2D eigenvalue weighted by atomic mass is 16.8. The maximum Gasteiger partial charge on any atom is 0.313 e. The molecule has 1 aliphatic rings. The standard InChI is InChI=1S/C13H22O4/c1-9(2)8-16-12(15)17-11-5-10(14)6-13(3,4)7-11/h5,9,12,15H,6-8H2,1-4H3. The summed E-state index contributed by atoms with van der Waals surface area (Å²) in [7, 11) is 0. The van der Waals surface area contributed by atoms with E-state index < -0.39 is 6.48 Å². The lowest BCUT2D eigenvalue weighted by Gasteiger charge is -2.29. The largest absolute Gasteiger partial charge is 0.446 e. The third-order valence-corrected chi connectivity index (χ3v) is 2.45. The van der Waals surface area contributed by atoms with Crippen LogP contribution in [0.3, 0.4) is 0 Å². The van der Waals surface area contributed by atoms with E-state index in [-0.39, 0.29) is 11.2 Å². The number of carbonyl (C=O) groups excluding carboxylic acids is 1. The summed E-state index contributed by atoms with van der Waals surface area (Å²) in [5.74, 6) is 0.862. The van der Waals surface area contributed by atoms with Crippen LogP contribution in [-0.4, -0.2) is 24.0 Å². The number of carbonyl (C=O) groups is 1. The van der Waals surface area contributed by atoms with Gasteiger partial charge < -0.3 is 14.6 Å². The normalized spacial score (nSPS) is 21.3. The Bertz CT molecular complexity index is 305. The molecule has 0 bridgehead atoms. The topological polar surface area (TPSA) is 55.8 Å². The SMILES string of the molecule is CC(C)COC(O)OC1=CC(=O)CC(C)(C)C1. The van der Waals surface area contributed by atoms with E-state index in [2.05, 4.69) is 0 Å². The van der Waals surface area contributed by atoms with Gasteiger partial charge in [-0.25, -0.2) is 0 Å². The quantitative estimate of drug-likeness (QED) is 0.751. The lowest BCUT2D eigenvalue weighted by Crippen LogP contribution is -2.26. The predicted octanol–water partition coefficient (Wildman–Crippen LogP) is 2.22. The zero-order chi connectivity index (χ0) is 13.1. The van der Waals surface area contributed by atoms with Gasteiger partial charge in [-0.05, 0) is 11.3 Å². The molecule has 1 N–H and O–H groups in total. The molecule has 4 nitrogen and oxygen atoms in total. The van der Waals surface area contributed by atoms with Crippen molar-refractivity contribution in [1.82, 2.24) is 0 Å². The minimum Gasteiger partial charge on any atom is -0.446 e. The number of hydrogen-bond acceptors (Lipinski definition) is 4. The highest BCUT2D eigenvalue weighted by molar-refractivity contribution is 5.91. The molecule has 0 aromatic rings. The van der Waals surface area contributed by atoms with Crippen LogP contribution in [0.4, 0.5) is 0 Å². The highest BCUT2D eigenvalue weighted by Crippen LogP contribution is 2.34. The Kier molecular flexibility index (Phi) is 4.71.